The molecule has 1 aromatic heterocycles. The fourth-order valence-corrected chi connectivity index (χ4v) is 5.18. The molecule has 2 aliphatic rings. The van der Waals surface area contributed by atoms with E-state index in [0.717, 1.165) is 12.1 Å². The van der Waals surface area contributed by atoms with Crippen molar-refractivity contribution in [2.24, 2.45) is 7.05 Å². The second-order valence-corrected chi connectivity index (χ2v) is 8.85. The van der Waals surface area contributed by atoms with Crippen LogP contribution in [0.25, 0.3) is 0 Å². The number of amides is 1. The van der Waals surface area contributed by atoms with Gasteiger partial charge in [-0.1, -0.05) is 0 Å². The van der Waals surface area contributed by atoms with Crippen LogP contribution >= 0.6 is 0 Å². The van der Waals surface area contributed by atoms with Gasteiger partial charge in [0.15, 0.2) is 0 Å². The largest absolute Gasteiger partial charge is 0.373 e. The van der Waals surface area contributed by atoms with E-state index in [-0.39, 0.29) is 31.2 Å². The number of hydrogen-bond donors (Lipinski definition) is 1. The molecule has 10 heteroatoms. The summed E-state index contributed by atoms with van der Waals surface area (Å²) in [6, 6.07) is 1.07. The zero-order chi connectivity index (χ0) is 19.1. The van der Waals surface area contributed by atoms with Crippen molar-refractivity contribution in [1.82, 2.24) is 18.8 Å². The van der Waals surface area contributed by atoms with Crippen LogP contribution in [0.4, 0.5) is 5.82 Å². The summed E-state index contributed by atoms with van der Waals surface area (Å²) in [6.07, 6.45) is 0.859. The summed E-state index contributed by atoms with van der Waals surface area (Å²) in [5.41, 5.74) is 0.814. The third-order valence-corrected chi connectivity index (χ3v) is 6.27. The summed E-state index contributed by atoms with van der Waals surface area (Å²) < 4.78 is 36.8. The van der Waals surface area contributed by atoms with Crippen LogP contribution in [-0.2, 0) is 26.8 Å². The molecule has 2 aliphatic heterocycles. The highest BCUT2D eigenvalue weighted by atomic mass is 32.2. The van der Waals surface area contributed by atoms with Gasteiger partial charge < -0.3 is 4.74 Å². The maximum Gasteiger partial charge on any atom is 0.280 e. The maximum atomic E-state index is 12.9. The van der Waals surface area contributed by atoms with Crippen molar-refractivity contribution in [2.45, 2.75) is 51.9 Å². The van der Waals surface area contributed by atoms with E-state index in [2.05, 4.69) is 9.82 Å². The number of nitrogens with zero attached hydrogens (tertiary/aromatic N) is 4. The van der Waals surface area contributed by atoms with Crippen LogP contribution in [0.5, 0.6) is 0 Å². The fourth-order valence-electron chi connectivity index (χ4n) is 3.64. The molecule has 26 heavy (non-hydrogen) atoms. The Kier molecular flexibility index (Phi) is 5.38. The van der Waals surface area contributed by atoms with Crippen molar-refractivity contribution < 1.29 is 17.9 Å². The third-order valence-electron chi connectivity index (χ3n) is 4.71. The summed E-state index contributed by atoms with van der Waals surface area (Å²) in [6.45, 7) is 6.67. The number of carbonyl (C=O) groups is 1. The average molecular weight is 385 g/mol. The van der Waals surface area contributed by atoms with E-state index in [1.54, 1.807) is 16.6 Å². The lowest BCUT2D eigenvalue weighted by Crippen LogP contribution is -2.58. The molecule has 3 rings (SSSR count). The van der Waals surface area contributed by atoms with Crippen molar-refractivity contribution >= 4 is 21.9 Å². The van der Waals surface area contributed by atoms with Gasteiger partial charge in [-0.25, -0.2) is 0 Å². The average Bonchev–Trinajstić information content (AvgIpc) is 2.87. The minimum absolute atomic E-state index is 0.175. The lowest BCUT2D eigenvalue weighted by Gasteiger charge is -2.37. The van der Waals surface area contributed by atoms with Crippen LogP contribution < -0.4 is 9.62 Å². The lowest BCUT2D eigenvalue weighted by molar-refractivity contribution is -0.121. The number of aromatic nitrogens is 2. The molecule has 1 N–H and O–H groups in total. The fraction of sp³-hybridized carbons (Fsp3) is 0.750. The molecular weight excluding hydrogens is 358 g/mol. The maximum absolute atomic E-state index is 12.9. The molecule has 1 aromatic rings. The van der Waals surface area contributed by atoms with Crippen molar-refractivity contribution in [3.05, 3.63) is 11.8 Å². The minimum atomic E-state index is -3.76. The predicted molar refractivity (Wildman–Crippen MR) is 97.0 cm³/mol. The number of hydrogen-bond acceptors (Lipinski definition) is 5. The number of carbonyl (C=O) groups excluding carboxylic acids is 1. The van der Waals surface area contributed by atoms with Gasteiger partial charge in [-0.3, -0.25) is 14.4 Å². The summed E-state index contributed by atoms with van der Waals surface area (Å²) in [4.78, 5) is 14.5. The first kappa shape index (κ1) is 19.3. The van der Waals surface area contributed by atoms with Gasteiger partial charge >= 0.3 is 0 Å². The molecule has 9 nitrogen and oxygen atoms in total. The van der Waals surface area contributed by atoms with Crippen LogP contribution in [0.15, 0.2) is 6.07 Å². The minimum Gasteiger partial charge on any atom is -0.373 e. The second kappa shape index (κ2) is 7.26. The zero-order valence-corrected chi connectivity index (χ0v) is 16.5. The SMILES string of the molecule is Cc1cc(N2CCC[C@H](NS(=O)(=O)N3C[C@H](C)O[C@@H](C)C3)C2=O)n(C)n1. The van der Waals surface area contributed by atoms with Crippen molar-refractivity contribution in [3.8, 4) is 0 Å². The van der Waals surface area contributed by atoms with E-state index in [0.29, 0.717) is 18.8 Å². The molecule has 0 saturated carbocycles. The zero-order valence-electron chi connectivity index (χ0n) is 15.7. The number of nitrogens with one attached hydrogen (secondary N) is 1. The Morgan fingerprint density at radius 1 is 1.27 bits per heavy atom. The van der Waals surface area contributed by atoms with Crippen molar-refractivity contribution in [1.29, 1.82) is 0 Å². The topological polar surface area (TPSA) is 96.8 Å². The van der Waals surface area contributed by atoms with E-state index in [1.165, 1.54) is 4.31 Å². The number of morpholine rings is 1. The van der Waals surface area contributed by atoms with Gasteiger partial charge in [-0.2, -0.15) is 22.5 Å². The van der Waals surface area contributed by atoms with E-state index in [4.69, 9.17) is 4.74 Å². The molecule has 0 aromatic carbocycles. The molecule has 0 unspecified atom stereocenters. The van der Waals surface area contributed by atoms with Crippen LogP contribution in [0.3, 0.4) is 0 Å². The van der Waals surface area contributed by atoms with Crippen LogP contribution in [-0.4, -0.2) is 66.3 Å². The van der Waals surface area contributed by atoms with Crippen LogP contribution in [0, 0.1) is 6.92 Å². The van der Waals surface area contributed by atoms with Crippen molar-refractivity contribution in [2.75, 3.05) is 24.5 Å². The van der Waals surface area contributed by atoms with E-state index >= 15 is 0 Å². The van der Waals surface area contributed by atoms with E-state index < -0.39 is 16.3 Å². The van der Waals surface area contributed by atoms with Gasteiger partial charge in [0.2, 0.25) is 5.91 Å². The Balaban J connectivity index is 1.74. The molecule has 1 amide bonds. The van der Waals surface area contributed by atoms with Gasteiger partial charge in [-0.15, -0.1) is 0 Å². The highest BCUT2D eigenvalue weighted by molar-refractivity contribution is 7.87. The van der Waals surface area contributed by atoms with E-state index in [1.807, 2.05) is 26.8 Å². The van der Waals surface area contributed by atoms with Crippen LogP contribution in [0.2, 0.25) is 0 Å². The van der Waals surface area contributed by atoms with Crippen LogP contribution in [0.1, 0.15) is 32.4 Å². The normalized spacial score (nSPS) is 28.5. The Hall–Kier alpha value is -1.49. The molecule has 0 radical (unpaired) electrons. The highest BCUT2D eigenvalue weighted by Crippen LogP contribution is 2.23. The Morgan fingerprint density at radius 2 is 1.92 bits per heavy atom. The molecular formula is C16H27N5O4S. The monoisotopic (exact) mass is 385 g/mol. The van der Waals surface area contributed by atoms with Gasteiger partial charge in [0.05, 0.1) is 17.9 Å². The molecule has 0 bridgehead atoms. The molecule has 0 aliphatic carbocycles. The summed E-state index contributed by atoms with van der Waals surface area (Å²) in [7, 11) is -1.98. The quantitative estimate of drug-likeness (QED) is 0.797. The first-order chi connectivity index (χ1) is 12.2. The first-order valence-electron chi connectivity index (χ1n) is 8.92. The van der Waals surface area contributed by atoms with Gasteiger partial charge in [-0.05, 0) is 33.6 Å². The van der Waals surface area contributed by atoms with Gasteiger partial charge in [0.25, 0.3) is 10.2 Å². The predicted octanol–water partition coefficient (Wildman–Crippen LogP) is 0.168. The number of rotatable bonds is 4. The molecule has 146 valence electrons. The lowest BCUT2D eigenvalue weighted by atomic mass is 10.1. The molecule has 2 saturated heterocycles. The number of aryl methyl sites for hydroxylation is 2. The third kappa shape index (κ3) is 3.93. The number of ether oxygens (including phenoxy) is 1. The second-order valence-electron chi connectivity index (χ2n) is 7.15. The van der Waals surface area contributed by atoms with Gasteiger partial charge in [0, 0.05) is 32.7 Å². The van der Waals surface area contributed by atoms with E-state index in [9.17, 15) is 13.2 Å². The number of piperidine rings is 1. The summed E-state index contributed by atoms with van der Waals surface area (Å²) >= 11 is 0. The molecule has 0 spiro atoms. The highest BCUT2D eigenvalue weighted by Gasteiger charge is 2.37. The Morgan fingerprint density at radius 3 is 2.50 bits per heavy atom. The Bertz CT molecular complexity index is 768. The smallest absolute Gasteiger partial charge is 0.280 e. The van der Waals surface area contributed by atoms with Gasteiger partial charge in [0.1, 0.15) is 11.9 Å². The first-order valence-corrected chi connectivity index (χ1v) is 10.4. The number of anilines is 1. The molecule has 2 fully saturated rings. The summed E-state index contributed by atoms with van der Waals surface area (Å²) in [5.74, 6) is 0.446. The molecule has 3 heterocycles. The Labute approximate surface area is 154 Å². The van der Waals surface area contributed by atoms with Crippen molar-refractivity contribution in [3.63, 3.8) is 0 Å². The standard InChI is InChI=1S/C16H27N5O4S/c1-11-8-15(19(4)17-11)21-7-5-6-14(16(21)22)18-26(23,24)20-9-12(2)25-13(3)10-20/h8,12-14,18H,5-7,9-10H2,1-4H3/t12-,13-,14-/m0/s1. The summed E-state index contributed by atoms with van der Waals surface area (Å²) in [5, 5.41) is 4.27. The molecule has 3 atom stereocenters.